The maximum atomic E-state index is 13.8. The molecule has 5 rings (SSSR count). The van der Waals surface area contributed by atoms with Crippen LogP contribution >= 0.6 is 0 Å². The van der Waals surface area contributed by atoms with Crippen molar-refractivity contribution in [1.82, 2.24) is 14.5 Å². The van der Waals surface area contributed by atoms with E-state index >= 15 is 0 Å². The second-order valence-corrected chi connectivity index (χ2v) is 9.08. The van der Waals surface area contributed by atoms with E-state index in [0.29, 0.717) is 5.56 Å². The topological polar surface area (TPSA) is 51.9 Å². The molecule has 178 valence electrons. The first kappa shape index (κ1) is 22.4. The Morgan fingerprint density at radius 3 is 2.65 bits per heavy atom. The van der Waals surface area contributed by atoms with Gasteiger partial charge in [-0.2, -0.15) is 0 Å². The van der Waals surface area contributed by atoms with Crippen molar-refractivity contribution in [1.29, 1.82) is 0 Å². The minimum Gasteiger partial charge on any atom is -0.495 e. The highest BCUT2D eigenvalue weighted by atomic mass is 19.1. The zero-order valence-electron chi connectivity index (χ0n) is 19.5. The molecule has 1 aromatic heterocycles. The molecule has 0 N–H and O–H groups in total. The monoisotopic (exact) mass is 466 g/mol. The molecular weight excluding hydrogens is 438 g/mol. The van der Waals surface area contributed by atoms with Crippen LogP contribution in [0.4, 0.5) is 8.78 Å². The van der Waals surface area contributed by atoms with Gasteiger partial charge in [-0.25, -0.2) is 13.8 Å². The number of ether oxygens (including phenoxy) is 1. The number of fused-ring (bicyclic) bond motifs is 1. The van der Waals surface area contributed by atoms with Crippen molar-refractivity contribution in [2.75, 3.05) is 13.7 Å². The van der Waals surface area contributed by atoms with Gasteiger partial charge >= 0.3 is 0 Å². The first-order valence-electron chi connectivity index (χ1n) is 11.6. The molecule has 1 saturated heterocycles. The third-order valence-electron chi connectivity index (χ3n) is 6.73. The Balaban J connectivity index is 1.38. The van der Waals surface area contributed by atoms with Gasteiger partial charge in [0.15, 0.2) is 6.10 Å². The van der Waals surface area contributed by atoms with Crippen molar-refractivity contribution in [2.24, 2.45) is 11.1 Å². The third kappa shape index (κ3) is 4.24. The summed E-state index contributed by atoms with van der Waals surface area (Å²) in [5.41, 5.74) is 3.49. The quantitative estimate of drug-likeness (QED) is 0.519. The Morgan fingerprint density at radius 2 is 1.94 bits per heavy atom. The lowest BCUT2D eigenvalue weighted by atomic mass is 9.87. The van der Waals surface area contributed by atoms with Gasteiger partial charge < -0.3 is 19.0 Å². The van der Waals surface area contributed by atoms with Gasteiger partial charge in [-0.15, -0.1) is 0 Å². The Labute approximate surface area is 197 Å². The molecule has 0 aliphatic carbocycles. The Kier molecular flexibility index (Phi) is 5.98. The number of amidine groups is 1. The van der Waals surface area contributed by atoms with Gasteiger partial charge in [0.1, 0.15) is 23.2 Å². The summed E-state index contributed by atoms with van der Waals surface area (Å²) in [6.07, 6.45) is 6.03. The van der Waals surface area contributed by atoms with Crippen LogP contribution in [0.2, 0.25) is 0 Å². The summed E-state index contributed by atoms with van der Waals surface area (Å²) < 4.78 is 35.2. The van der Waals surface area contributed by atoms with E-state index in [1.807, 2.05) is 30.7 Å². The lowest BCUT2D eigenvalue weighted by molar-refractivity contribution is -0.0223. The summed E-state index contributed by atoms with van der Waals surface area (Å²) in [5, 5.41) is 4.46. The number of hydrogen-bond donors (Lipinski definition) is 0. The second kappa shape index (κ2) is 9.08. The van der Waals surface area contributed by atoms with Crippen LogP contribution in [0.15, 0.2) is 54.1 Å². The average molecular weight is 467 g/mol. The molecule has 0 amide bonds. The summed E-state index contributed by atoms with van der Waals surface area (Å²) in [4.78, 5) is 12.4. The van der Waals surface area contributed by atoms with Crippen molar-refractivity contribution in [3.63, 3.8) is 0 Å². The predicted molar refractivity (Wildman–Crippen MR) is 125 cm³/mol. The number of aromatic nitrogens is 2. The van der Waals surface area contributed by atoms with Crippen molar-refractivity contribution in [3.8, 4) is 11.4 Å². The largest absolute Gasteiger partial charge is 0.495 e. The second-order valence-electron chi connectivity index (χ2n) is 9.08. The van der Waals surface area contributed by atoms with E-state index in [1.54, 1.807) is 13.4 Å². The van der Waals surface area contributed by atoms with Crippen molar-refractivity contribution in [3.05, 3.63) is 77.4 Å². The van der Waals surface area contributed by atoms with E-state index in [0.717, 1.165) is 60.4 Å². The highest BCUT2D eigenvalue weighted by molar-refractivity contribution is 5.86. The minimum absolute atomic E-state index is 0.0853. The van der Waals surface area contributed by atoms with E-state index in [4.69, 9.17) is 9.57 Å². The number of nitrogens with zero attached hydrogens (tertiary/aromatic N) is 4. The predicted octanol–water partition coefficient (Wildman–Crippen LogP) is 5.20. The molecule has 3 aromatic rings. The van der Waals surface area contributed by atoms with Gasteiger partial charge in [0.25, 0.3) is 0 Å². The summed E-state index contributed by atoms with van der Waals surface area (Å²) in [6.45, 7) is 4.82. The van der Waals surface area contributed by atoms with E-state index in [-0.39, 0.29) is 12.0 Å². The number of benzene rings is 2. The molecule has 2 aromatic carbocycles. The van der Waals surface area contributed by atoms with Gasteiger partial charge in [-0.1, -0.05) is 11.2 Å². The highest BCUT2D eigenvalue weighted by Gasteiger charge is 2.39. The third-order valence-corrected chi connectivity index (χ3v) is 6.73. The molecule has 2 aliphatic rings. The first-order chi connectivity index (χ1) is 16.4. The molecule has 0 saturated carbocycles. The number of aryl methyl sites for hydroxylation is 1. The Bertz CT molecular complexity index is 1210. The van der Waals surface area contributed by atoms with Gasteiger partial charge in [0.05, 0.1) is 30.9 Å². The van der Waals surface area contributed by atoms with Crippen LogP contribution in [0.3, 0.4) is 0 Å². The zero-order chi connectivity index (χ0) is 23.8. The van der Waals surface area contributed by atoms with Crippen LogP contribution in [-0.2, 0) is 11.3 Å². The number of rotatable bonds is 5. The molecule has 3 atom stereocenters. The zero-order valence-corrected chi connectivity index (χ0v) is 19.5. The smallest absolute Gasteiger partial charge is 0.172 e. The fourth-order valence-corrected chi connectivity index (χ4v) is 5.06. The highest BCUT2D eigenvalue weighted by Crippen LogP contribution is 2.36. The van der Waals surface area contributed by atoms with Crippen LogP contribution in [0.25, 0.3) is 5.69 Å². The van der Waals surface area contributed by atoms with Crippen molar-refractivity contribution < 1.29 is 18.4 Å². The molecule has 0 radical (unpaired) electrons. The molecule has 0 spiro atoms. The maximum Gasteiger partial charge on any atom is 0.172 e. The maximum absolute atomic E-state index is 13.8. The average Bonchev–Trinajstić information content (AvgIpc) is 3.25. The standard InChI is InChI=1S/C26H28F2N4O2/c1-16-14-31(15-29-16)23-7-6-18(10-24(23)33-3)9-19-5-4-8-32-17(2)25(34-30-26(19)32)20-11-21(27)13-22(28)12-20/h6-7,10-15,17,19,25H,4-5,8-9H2,1-3H3/t17-,19?,25?/m0/s1. The molecule has 3 heterocycles. The first-order valence-corrected chi connectivity index (χ1v) is 11.6. The van der Waals surface area contributed by atoms with E-state index in [9.17, 15) is 8.78 Å². The van der Waals surface area contributed by atoms with E-state index < -0.39 is 17.7 Å². The molecule has 8 heteroatoms. The molecular formula is C26H28F2N4O2. The summed E-state index contributed by atoms with van der Waals surface area (Å²) in [5.74, 6) is 0.652. The van der Waals surface area contributed by atoms with Crippen LogP contribution in [-0.4, -0.2) is 40.0 Å². The number of hydrogen-bond acceptors (Lipinski definition) is 5. The summed E-state index contributed by atoms with van der Waals surface area (Å²) in [6, 6.07) is 9.65. The molecule has 2 unspecified atom stereocenters. The molecule has 2 aliphatic heterocycles. The van der Waals surface area contributed by atoms with Gasteiger partial charge in [0.2, 0.25) is 0 Å². The van der Waals surface area contributed by atoms with Crippen molar-refractivity contribution in [2.45, 2.75) is 45.3 Å². The number of methoxy groups -OCH3 is 1. The fourth-order valence-electron chi connectivity index (χ4n) is 5.06. The van der Waals surface area contributed by atoms with Gasteiger partial charge in [-0.05, 0) is 62.9 Å². The van der Waals surface area contributed by atoms with Crippen LogP contribution in [0.1, 0.15) is 42.7 Å². The van der Waals surface area contributed by atoms with Gasteiger partial charge in [0, 0.05) is 30.3 Å². The Hall–Kier alpha value is -3.42. The van der Waals surface area contributed by atoms with Crippen LogP contribution < -0.4 is 4.74 Å². The molecule has 34 heavy (non-hydrogen) atoms. The van der Waals surface area contributed by atoms with Crippen LogP contribution in [0.5, 0.6) is 5.75 Å². The van der Waals surface area contributed by atoms with E-state index in [2.05, 4.69) is 27.2 Å². The number of oxime groups is 1. The Morgan fingerprint density at radius 1 is 1.15 bits per heavy atom. The van der Waals surface area contributed by atoms with E-state index in [1.165, 1.54) is 12.1 Å². The summed E-state index contributed by atoms with van der Waals surface area (Å²) in [7, 11) is 1.67. The van der Waals surface area contributed by atoms with Crippen LogP contribution in [0, 0.1) is 24.5 Å². The molecule has 1 fully saturated rings. The number of halogens is 2. The lowest BCUT2D eigenvalue weighted by Crippen LogP contribution is -2.51. The molecule has 6 nitrogen and oxygen atoms in total. The minimum atomic E-state index is -0.611. The summed E-state index contributed by atoms with van der Waals surface area (Å²) >= 11 is 0. The molecule has 0 bridgehead atoms. The van der Waals surface area contributed by atoms with Crippen molar-refractivity contribution >= 4 is 5.84 Å². The SMILES string of the molecule is COc1cc(CC2CCCN3C2=NOC(c2cc(F)cc(F)c2)[C@@H]3C)ccc1-n1cnc(C)c1. The van der Waals surface area contributed by atoms with Gasteiger partial charge in [-0.3, -0.25) is 0 Å². The normalized spacial score (nSPS) is 22.1. The number of piperidine rings is 1. The fraction of sp³-hybridized carbons (Fsp3) is 0.385. The number of imidazole rings is 1. The lowest BCUT2D eigenvalue weighted by Gasteiger charge is -2.44.